The van der Waals surface area contributed by atoms with E-state index in [2.05, 4.69) is 27.9 Å². The van der Waals surface area contributed by atoms with Crippen LogP contribution in [-0.4, -0.2) is 48.8 Å². The van der Waals surface area contributed by atoms with Crippen molar-refractivity contribution in [3.05, 3.63) is 98.5 Å². The minimum absolute atomic E-state index is 0.0322. The average Bonchev–Trinajstić information content (AvgIpc) is 3.44. The molecular formula is C37H38F4IN5O4S. The van der Waals surface area contributed by atoms with Gasteiger partial charge in [0.25, 0.3) is 0 Å². The van der Waals surface area contributed by atoms with Crippen LogP contribution in [0.2, 0.25) is 0 Å². The second-order valence-electron chi connectivity index (χ2n) is 12.7. The van der Waals surface area contributed by atoms with E-state index in [9.17, 15) is 21.6 Å². The Morgan fingerprint density at radius 2 is 1.85 bits per heavy atom. The number of hydrogen-bond acceptors (Lipinski definition) is 7. The van der Waals surface area contributed by atoms with E-state index in [0.29, 0.717) is 38.9 Å². The molecule has 276 valence electrons. The number of pyridine rings is 1. The second-order valence-corrected chi connectivity index (χ2v) is 15.7. The number of halogens is 5. The lowest BCUT2D eigenvalue weighted by molar-refractivity contribution is -0.127. The first-order chi connectivity index (χ1) is 24.7. The molecule has 1 unspecified atom stereocenters. The molecule has 9 nitrogen and oxygen atoms in total. The number of fused-ring (bicyclic) bond motifs is 1. The van der Waals surface area contributed by atoms with Gasteiger partial charge in [-0.05, 0) is 96.7 Å². The zero-order valence-corrected chi connectivity index (χ0v) is 31.8. The van der Waals surface area contributed by atoms with Gasteiger partial charge in [0, 0.05) is 25.3 Å². The third-order valence-corrected chi connectivity index (χ3v) is 10.8. The molecule has 0 aliphatic carbocycles. The fraction of sp³-hybridized carbons (Fsp3) is 0.351. The first-order valence-electron chi connectivity index (χ1n) is 16.8. The number of sulfonamides is 1. The first-order valence-corrected chi connectivity index (χ1v) is 19.7. The summed E-state index contributed by atoms with van der Waals surface area (Å²) in [6.07, 6.45) is -2.76. The summed E-state index contributed by atoms with van der Waals surface area (Å²) < 4.78 is 98.7. The van der Waals surface area contributed by atoms with Gasteiger partial charge in [0.1, 0.15) is 16.1 Å². The molecule has 0 bridgehead atoms. The zero-order valence-electron chi connectivity index (χ0n) is 28.8. The SMILES string of the molecule is CCN(c1ccc(C)cc1CNc1nc(-c2cc(F)c(OCc3ccccc3)cc2CC(F)(F)F)cc2c1c(I)nn2C1CCCCO1)S(C)(=O)=O. The van der Waals surface area contributed by atoms with Crippen LogP contribution in [0.1, 0.15) is 54.7 Å². The molecule has 52 heavy (non-hydrogen) atoms. The summed E-state index contributed by atoms with van der Waals surface area (Å²) in [6, 6.07) is 18.1. The third-order valence-electron chi connectivity index (χ3n) is 8.77. The van der Waals surface area contributed by atoms with E-state index in [4.69, 9.17) is 19.6 Å². The fourth-order valence-corrected chi connectivity index (χ4v) is 8.19. The van der Waals surface area contributed by atoms with Crippen molar-refractivity contribution >= 4 is 55.0 Å². The van der Waals surface area contributed by atoms with Crippen molar-refractivity contribution in [1.82, 2.24) is 14.8 Å². The summed E-state index contributed by atoms with van der Waals surface area (Å²) in [5, 5.41) is 8.70. The first kappa shape index (κ1) is 37.8. The minimum atomic E-state index is -4.62. The lowest BCUT2D eigenvalue weighted by Gasteiger charge is -2.24. The Morgan fingerprint density at radius 3 is 2.52 bits per heavy atom. The smallest absolute Gasteiger partial charge is 0.393 e. The molecule has 15 heteroatoms. The Labute approximate surface area is 313 Å². The van der Waals surface area contributed by atoms with Gasteiger partial charge < -0.3 is 14.8 Å². The Kier molecular flexibility index (Phi) is 11.3. The molecule has 1 aliphatic heterocycles. The highest BCUT2D eigenvalue weighted by atomic mass is 127. The zero-order chi connectivity index (χ0) is 37.2. The molecule has 3 aromatic carbocycles. The van der Waals surface area contributed by atoms with Crippen LogP contribution in [-0.2, 0) is 34.3 Å². The number of aryl methyl sites for hydroxylation is 1. The second kappa shape index (κ2) is 15.6. The predicted molar refractivity (Wildman–Crippen MR) is 201 cm³/mol. The minimum Gasteiger partial charge on any atom is -0.486 e. The molecule has 1 saturated heterocycles. The molecule has 3 heterocycles. The average molecular weight is 852 g/mol. The molecule has 1 aliphatic rings. The quantitative estimate of drug-likeness (QED) is 0.0990. The third kappa shape index (κ3) is 8.63. The maximum Gasteiger partial charge on any atom is 0.393 e. The van der Waals surface area contributed by atoms with Gasteiger partial charge in [0.2, 0.25) is 10.0 Å². The van der Waals surface area contributed by atoms with Gasteiger partial charge in [0.05, 0.1) is 35.0 Å². The van der Waals surface area contributed by atoms with Crippen molar-refractivity contribution in [2.45, 2.75) is 65.1 Å². The molecule has 0 spiro atoms. The van der Waals surface area contributed by atoms with E-state index in [1.165, 1.54) is 4.31 Å². The maximum absolute atomic E-state index is 15.8. The van der Waals surface area contributed by atoms with Crippen LogP contribution in [0.3, 0.4) is 0 Å². The fourth-order valence-electron chi connectivity index (χ4n) is 6.42. The molecule has 2 aromatic heterocycles. The van der Waals surface area contributed by atoms with Crippen LogP contribution in [0, 0.1) is 16.4 Å². The summed E-state index contributed by atoms with van der Waals surface area (Å²) in [6.45, 7) is 4.45. The van der Waals surface area contributed by atoms with Crippen LogP contribution in [0.4, 0.5) is 29.1 Å². The Morgan fingerprint density at radius 1 is 1.08 bits per heavy atom. The largest absolute Gasteiger partial charge is 0.486 e. The molecule has 0 amide bonds. The van der Waals surface area contributed by atoms with Crippen LogP contribution >= 0.6 is 22.6 Å². The van der Waals surface area contributed by atoms with Gasteiger partial charge >= 0.3 is 6.18 Å². The number of nitrogens with one attached hydrogen (secondary N) is 1. The molecule has 1 fully saturated rings. The standard InChI is InChI=1S/C37H38F4IN5O4S/c1-4-46(52(3,48)49)30-14-13-23(2)16-26(30)21-43-36-34-31(47(45-35(34)42)33-12-8-9-15-50-33)19-29(44-36)27-18-28(38)32(17-25(27)20-37(39,40)41)51-22-24-10-6-5-7-11-24/h5-7,10-11,13-14,16-19,33H,4,8-9,12,15,20-22H2,1-3H3,(H,43,44). The molecule has 5 aromatic rings. The number of alkyl halides is 3. The van der Waals surface area contributed by atoms with Crippen LogP contribution in [0.15, 0.2) is 66.7 Å². The highest BCUT2D eigenvalue weighted by Gasteiger charge is 2.31. The van der Waals surface area contributed by atoms with Crippen LogP contribution < -0.4 is 14.4 Å². The number of benzene rings is 3. The summed E-state index contributed by atoms with van der Waals surface area (Å²) >= 11 is 2.09. The van der Waals surface area contributed by atoms with Crippen molar-refractivity contribution < 1.29 is 35.5 Å². The molecule has 0 saturated carbocycles. The van der Waals surface area contributed by atoms with Gasteiger partial charge in [-0.1, -0.05) is 48.0 Å². The van der Waals surface area contributed by atoms with E-state index in [1.54, 1.807) is 48.0 Å². The molecule has 0 radical (unpaired) electrons. The van der Waals surface area contributed by atoms with Crippen molar-refractivity contribution in [1.29, 1.82) is 0 Å². The number of hydrogen-bond donors (Lipinski definition) is 1. The maximum atomic E-state index is 15.8. The van der Waals surface area contributed by atoms with Crippen molar-refractivity contribution in [3.8, 4) is 17.0 Å². The van der Waals surface area contributed by atoms with E-state index in [1.807, 2.05) is 25.1 Å². The Balaban J connectivity index is 1.48. The van der Waals surface area contributed by atoms with Crippen molar-refractivity contribution in [3.63, 3.8) is 0 Å². The number of aromatic nitrogens is 3. The van der Waals surface area contributed by atoms with Crippen molar-refractivity contribution in [2.24, 2.45) is 0 Å². The highest BCUT2D eigenvalue weighted by Crippen LogP contribution is 2.39. The normalized spacial score (nSPS) is 15.2. The molecule has 1 atom stereocenters. The predicted octanol–water partition coefficient (Wildman–Crippen LogP) is 8.93. The Bertz CT molecular complexity index is 2180. The van der Waals surface area contributed by atoms with E-state index >= 15 is 4.39 Å². The van der Waals surface area contributed by atoms with E-state index in [-0.39, 0.29) is 48.1 Å². The number of anilines is 2. The lowest BCUT2D eigenvalue weighted by Crippen LogP contribution is -2.30. The van der Waals surface area contributed by atoms with Crippen LogP contribution in [0.25, 0.3) is 22.2 Å². The number of ether oxygens (including phenoxy) is 2. The van der Waals surface area contributed by atoms with Crippen LogP contribution in [0.5, 0.6) is 5.75 Å². The summed E-state index contributed by atoms with van der Waals surface area (Å²) in [5.41, 5.74) is 3.15. The Hall–Kier alpha value is -3.96. The summed E-state index contributed by atoms with van der Waals surface area (Å²) in [7, 11) is -3.60. The summed E-state index contributed by atoms with van der Waals surface area (Å²) in [5.74, 6) is -0.854. The van der Waals surface area contributed by atoms with Gasteiger partial charge in [-0.25, -0.2) is 22.5 Å². The number of rotatable bonds is 12. The van der Waals surface area contributed by atoms with Gasteiger partial charge in [-0.3, -0.25) is 4.31 Å². The summed E-state index contributed by atoms with van der Waals surface area (Å²) in [4.78, 5) is 4.81. The van der Waals surface area contributed by atoms with E-state index in [0.717, 1.165) is 42.4 Å². The monoisotopic (exact) mass is 851 g/mol. The molecular weight excluding hydrogens is 813 g/mol. The van der Waals surface area contributed by atoms with Gasteiger partial charge in [0.15, 0.2) is 17.8 Å². The van der Waals surface area contributed by atoms with E-state index < -0.39 is 34.7 Å². The molecule has 6 rings (SSSR count). The van der Waals surface area contributed by atoms with Gasteiger partial charge in [-0.15, -0.1) is 0 Å². The lowest BCUT2D eigenvalue weighted by atomic mass is 9.99. The van der Waals surface area contributed by atoms with Crippen molar-refractivity contribution in [2.75, 3.05) is 29.0 Å². The topological polar surface area (TPSA) is 98.6 Å². The van der Waals surface area contributed by atoms with Gasteiger partial charge in [-0.2, -0.15) is 18.3 Å². The highest BCUT2D eigenvalue weighted by molar-refractivity contribution is 14.1. The number of nitrogens with zero attached hydrogens (tertiary/aromatic N) is 4. The molecule has 1 N–H and O–H groups in total.